The first kappa shape index (κ1) is 17.6. The quantitative estimate of drug-likeness (QED) is 0.652. The molecule has 1 aromatic carbocycles. The Morgan fingerprint density at radius 1 is 0.952 bits per heavy atom. The molecule has 0 spiro atoms. The highest BCUT2D eigenvalue weighted by Gasteiger charge is 2.37. The maximum Gasteiger partial charge on any atom is 0.416 e. The minimum atomic E-state index is -4.87. The fourth-order valence-corrected chi connectivity index (χ4v) is 1.53. The van der Waals surface area contributed by atoms with E-state index >= 15 is 0 Å². The average Bonchev–Trinajstić information content (AvgIpc) is 2.32. The highest BCUT2D eigenvalue weighted by molar-refractivity contribution is 5.37. The monoisotopic (exact) mass is 315 g/mol. The van der Waals surface area contributed by atoms with Crippen LogP contribution in [0.25, 0.3) is 0 Å². The zero-order chi connectivity index (χ0) is 16.3. The van der Waals surface area contributed by atoms with Gasteiger partial charge < -0.3 is 10.1 Å². The van der Waals surface area contributed by atoms with Gasteiger partial charge in [-0.3, -0.25) is 0 Å². The lowest BCUT2D eigenvalue weighted by Gasteiger charge is -2.15. The van der Waals surface area contributed by atoms with Gasteiger partial charge in [-0.25, -0.2) is 0 Å². The van der Waals surface area contributed by atoms with Gasteiger partial charge in [-0.2, -0.15) is 26.3 Å². The molecule has 0 unspecified atom stereocenters. The van der Waals surface area contributed by atoms with Crippen molar-refractivity contribution in [3.05, 3.63) is 29.3 Å². The van der Waals surface area contributed by atoms with Crippen molar-refractivity contribution in [3.8, 4) is 5.75 Å². The zero-order valence-corrected chi connectivity index (χ0v) is 11.4. The molecule has 0 saturated heterocycles. The van der Waals surface area contributed by atoms with Crippen LogP contribution in [0.2, 0.25) is 0 Å². The van der Waals surface area contributed by atoms with E-state index in [0.717, 1.165) is 0 Å². The summed E-state index contributed by atoms with van der Waals surface area (Å²) in [6, 6.07) is 1.33. The van der Waals surface area contributed by atoms with Crippen LogP contribution in [0, 0.1) is 0 Å². The first-order valence-electron chi connectivity index (χ1n) is 6.16. The number of halogens is 6. The van der Waals surface area contributed by atoms with E-state index in [2.05, 4.69) is 5.32 Å². The zero-order valence-electron chi connectivity index (χ0n) is 11.4. The summed E-state index contributed by atoms with van der Waals surface area (Å²) in [4.78, 5) is 0. The molecule has 0 amide bonds. The lowest BCUT2D eigenvalue weighted by Crippen LogP contribution is -2.27. The largest absolute Gasteiger partial charge is 0.492 e. The maximum atomic E-state index is 12.6. The summed E-state index contributed by atoms with van der Waals surface area (Å²) >= 11 is 0. The second-order valence-corrected chi connectivity index (χ2v) is 4.70. The van der Waals surface area contributed by atoms with E-state index in [-0.39, 0.29) is 18.7 Å². The molecular formula is C13H15F6NO. The molecule has 0 saturated carbocycles. The van der Waals surface area contributed by atoms with Gasteiger partial charge in [0.15, 0.2) is 0 Å². The number of alkyl halides is 6. The predicted octanol–water partition coefficient (Wildman–Crippen LogP) is 4.10. The molecule has 1 N–H and O–H groups in total. The van der Waals surface area contributed by atoms with Crippen LogP contribution in [-0.2, 0) is 12.4 Å². The molecule has 120 valence electrons. The molecule has 0 aliphatic carbocycles. The summed E-state index contributed by atoms with van der Waals surface area (Å²) in [6.07, 6.45) is -9.73. The van der Waals surface area contributed by atoms with Gasteiger partial charge in [-0.15, -0.1) is 0 Å². The molecule has 0 aliphatic heterocycles. The summed E-state index contributed by atoms with van der Waals surface area (Å²) in [6.45, 7) is 3.99. The highest BCUT2D eigenvalue weighted by Crippen LogP contribution is 2.38. The van der Waals surface area contributed by atoms with Gasteiger partial charge in [0.2, 0.25) is 0 Å². The normalized spacial score (nSPS) is 12.8. The summed E-state index contributed by atoms with van der Waals surface area (Å²) in [5.74, 6) is -0.456. The second kappa shape index (κ2) is 6.55. The molecule has 8 heteroatoms. The van der Waals surface area contributed by atoms with Crippen molar-refractivity contribution in [2.45, 2.75) is 32.2 Å². The number of rotatable bonds is 5. The van der Waals surface area contributed by atoms with E-state index in [4.69, 9.17) is 4.74 Å². The molecule has 21 heavy (non-hydrogen) atoms. The maximum absolute atomic E-state index is 12.6. The van der Waals surface area contributed by atoms with Crippen LogP contribution in [0.1, 0.15) is 25.0 Å². The Bertz CT molecular complexity index is 434. The van der Waals surface area contributed by atoms with Crippen LogP contribution in [-0.4, -0.2) is 19.2 Å². The van der Waals surface area contributed by atoms with E-state index < -0.39 is 29.2 Å². The number of hydrogen-bond acceptors (Lipinski definition) is 2. The van der Waals surface area contributed by atoms with Crippen molar-refractivity contribution in [1.82, 2.24) is 5.32 Å². The van der Waals surface area contributed by atoms with Crippen LogP contribution < -0.4 is 10.1 Å². The van der Waals surface area contributed by atoms with Crippen LogP contribution in [0.5, 0.6) is 5.75 Å². The Morgan fingerprint density at radius 2 is 1.43 bits per heavy atom. The van der Waals surface area contributed by atoms with Gasteiger partial charge in [0.05, 0.1) is 11.1 Å². The fraction of sp³-hybridized carbons (Fsp3) is 0.538. The lowest BCUT2D eigenvalue weighted by atomic mass is 10.1. The molecule has 0 aromatic heterocycles. The fourth-order valence-electron chi connectivity index (χ4n) is 1.53. The smallest absolute Gasteiger partial charge is 0.416 e. The van der Waals surface area contributed by atoms with Gasteiger partial charge in [0, 0.05) is 12.6 Å². The number of hydrogen-bond donors (Lipinski definition) is 1. The summed E-state index contributed by atoms with van der Waals surface area (Å²) in [5, 5.41) is 2.94. The number of ether oxygens (including phenoxy) is 1. The van der Waals surface area contributed by atoms with Crippen LogP contribution >= 0.6 is 0 Å². The van der Waals surface area contributed by atoms with Gasteiger partial charge in [0.25, 0.3) is 0 Å². The Morgan fingerprint density at radius 3 is 1.81 bits per heavy atom. The van der Waals surface area contributed by atoms with Crippen molar-refractivity contribution in [2.75, 3.05) is 13.2 Å². The Hall–Kier alpha value is -1.44. The van der Waals surface area contributed by atoms with E-state index in [1.165, 1.54) is 0 Å². The van der Waals surface area contributed by atoms with E-state index in [9.17, 15) is 26.3 Å². The minimum absolute atomic E-state index is 0.0310. The van der Waals surface area contributed by atoms with Crippen LogP contribution in [0.3, 0.4) is 0 Å². The first-order valence-corrected chi connectivity index (χ1v) is 6.16. The summed E-state index contributed by atoms with van der Waals surface area (Å²) in [5.41, 5.74) is -2.77. The number of benzene rings is 1. The summed E-state index contributed by atoms with van der Waals surface area (Å²) < 4.78 is 80.5. The first-order chi connectivity index (χ1) is 9.50. The molecule has 0 fully saturated rings. The van der Waals surface area contributed by atoms with Gasteiger partial charge >= 0.3 is 12.4 Å². The molecule has 0 bridgehead atoms. The van der Waals surface area contributed by atoms with Gasteiger partial charge in [-0.05, 0) is 18.2 Å². The predicted molar refractivity (Wildman–Crippen MR) is 65.1 cm³/mol. The Kier molecular flexibility index (Phi) is 5.49. The Labute approximate surface area is 118 Å². The molecule has 1 rings (SSSR count). The highest BCUT2D eigenvalue weighted by atomic mass is 19.4. The molecule has 1 aromatic rings. The second-order valence-electron chi connectivity index (χ2n) is 4.70. The van der Waals surface area contributed by atoms with Crippen LogP contribution in [0.15, 0.2) is 18.2 Å². The third-order valence-electron chi connectivity index (χ3n) is 2.48. The number of nitrogens with one attached hydrogen (secondary N) is 1. The Balaban J connectivity index is 2.93. The van der Waals surface area contributed by atoms with E-state index in [1.807, 2.05) is 13.8 Å². The van der Waals surface area contributed by atoms with Crippen molar-refractivity contribution in [2.24, 2.45) is 0 Å². The SMILES string of the molecule is CC(C)NCCOc1cc(C(F)(F)F)cc(C(F)(F)F)c1. The third-order valence-corrected chi connectivity index (χ3v) is 2.48. The molecule has 2 nitrogen and oxygen atoms in total. The molecule has 0 atom stereocenters. The van der Waals surface area contributed by atoms with Crippen molar-refractivity contribution < 1.29 is 31.1 Å². The van der Waals surface area contributed by atoms with Gasteiger partial charge in [0.1, 0.15) is 12.4 Å². The molecule has 0 heterocycles. The van der Waals surface area contributed by atoms with Crippen molar-refractivity contribution in [1.29, 1.82) is 0 Å². The minimum Gasteiger partial charge on any atom is -0.492 e. The topological polar surface area (TPSA) is 21.3 Å². The van der Waals surface area contributed by atoms with Gasteiger partial charge in [-0.1, -0.05) is 13.8 Å². The lowest BCUT2D eigenvalue weighted by molar-refractivity contribution is -0.143. The van der Waals surface area contributed by atoms with E-state index in [0.29, 0.717) is 18.7 Å². The molecule has 0 aliphatic rings. The van der Waals surface area contributed by atoms with Crippen molar-refractivity contribution in [3.63, 3.8) is 0 Å². The standard InChI is InChI=1S/C13H15F6NO/c1-8(2)20-3-4-21-11-6-9(12(14,15)16)5-10(7-11)13(17,18)19/h5-8,20H,3-4H2,1-2H3. The van der Waals surface area contributed by atoms with Crippen molar-refractivity contribution >= 4 is 0 Å². The summed E-state index contributed by atoms with van der Waals surface area (Å²) in [7, 11) is 0. The average molecular weight is 315 g/mol. The molecular weight excluding hydrogens is 300 g/mol. The molecule has 0 radical (unpaired) electrons. The third kappa shape index (κ3) is 5.82. The van der Waals surface area contributed by atoms with E-state index in [1.54, 1.807) is 0 Å². The van der Waals surface area contributed by atoms with Crippen LogP contribution in [0.4, 0.5) is 26.3 Å².